The number of hydrogen-bond acceptors (Lipinski definition) is 0. The van der Waals surface area contributed by atoms with E-state index in [-0.39, 0.29) is 0 Å². The Bertz CT molecular complexity index is 303. The molecule has 0 aliphatic heterocycles. The van der Waals surface area contributed by atoms with E-state index in [1.54, 1.807) is 0 Å². The lowest BCUT2D eigenvalue weighted by Gasteiger charge is -2.26. The molecule has 0 spiro atoms. The molecular weight excluding hydrogens is 240 g/mol. The van der Waals surface area contributed by atoms with E-state index in [1.807, 2.05) is 0 Å². The summed E-state index contributed by atoms with van der Waals surface area (Å²) in [7, 11) is 0. The van der Waals surface area contributed by atoms with Crippen LogP contribution in [-0.4, -0.2) is 0 Å². The van der Waals surface area contributed by atoms with Crippen LogP contribution in [0.2, 0.25) is 0 Å². The van der Waals surface area contributed by atoms with Crippen LogP contribution in [0.4, 0.5) is 0 Å². The molecule has 2 saturated carbocycles. The van der Waals surface area contributed by atoms with Crippen LogP contribution in [0.25, 0.3) is 0 Å². The van der Waals surface area contributed by atoms with Gasteiger partial charge in [0.1, 0.15) is 0 Å². The lowest BCUT2D eigenvalue weighted by Crippen LogP contribution is -2.14. The van der Waals surface area contributed by atoms with Crippen LogP contribution in [0.15, 0.2) is 0 Å². The Kier molecular flexibility index (Phi) is 6.98. The third-order valence-corrected chi connectivity index (χ3v) is 5.57. The molecule has 0 atom stereocenters. The first kappa shape index (κ1) is 15.9. The largest absolute Gasteiger partial charge is 0.0996 e. The summed E-state index contributed by atoms with van der Waals surface area (Å²) >= 11 is 0. The van der Waals surface area contributed by atoms with Gasteiger partial charge in [-0.1, -0.05) is 51.4 Å². The van der Waals surface area contributed by atoms with E-state index in [0.29, 0.717) is 0 Å². The van der Waals surface area contributed by atoms with E-state index < -0.39 is 0 Å². The van der Waals surface area contributed by atoms with E-state index in [9.17, 15) is 0 Å². The Morgan fingerprint density at radius 3 is 1.85 bits per heavy atom. The Balaban J connectivity index is 1.64. The smallest absolute Gasteiger partial charge is 0.0203 e. The van der Waals surface area contributed by atoms with Gasteiger partial charge in [-0.3, -0.25) is 0 Å². The highest BCUT2D eigenvalue weighted by molar-refractivity contribution is 5.08. The van der Waals surface area contributed by atoms with Crippen molar-refractivity contribution in [3.63, 3.8) is 0 Å². The molecule has 0 N–H and O–H groups in total. The van der Waals surface area contributed by atoms with E-state index in [1.165, 1.54) is 77.0 Å². The average Bonchev–Trinajstić information content (AvgIpc) is 2.48. The van der Waals surface area contributed by atoms with E-state index in [0.717, 1.165) is 23.7 Å². The fraction of sp³-hybridized carbons (Fsp3) is 0.900. The molecule has 0 nitrogen and oxygen atoms in total. The van der Waals surface area contributed by atoms with Crippen molar-refractivity contribution in [2.75, 3.05) is 0 Å². The van der Waals surface area contributed by atoms with Crippen molar-refractivity contribution in [3.8, 4) is 11.8 Å². The van der Waals surface area contributed by atoms with Gasteiger partial charge in [-0.15, -0.1) is 0 Å². The molecule has 0 aromatic carbocycles. The standard InChI is InChI=1S/C20H34/c1-3-4-5-6-18-11-13-20(14-12-18)16-15-19-9-7-17(2)8-10-19/h17-20H,3-14H2,1-2H3. The Morgan fingerprint density at radius 2 is 1.30 bits per heavy atom. The molecule has 20 heavy (non-hydrogen) atoms. The molecular formula is C20H34. The van der Waals surface area contributed by atoms with E-state index in [2.05, 4.69) is 25.7 Å². The molecule has 2 aliphatic rings. The van der Waals surface area contributed by atoms with Crippen LogP contribution in [-0.2, 0) is 0 Å². The molecule has 114 valence electrons. The highest BCUT2D eigenvalue weighted by atomic mass is 14.2. The summed E-state index contributed by atoms with van der Waals surface area (Å²) in [6.07, 6.45) is 16.9. The fourth-order valence-corrected chi connectivity index (χ4v) is 3.92. The Hall–Kier alpha value is -0.440. The van der Waals surface area contributed by atoms with Gasteiger partial charge in [-0.25, -0.2) is 0 Å². The lowest BCUT2D eigenvalue weighted by molar-refractivity contribution is 0.293. The molecule has 0 amide bonds. The molecule has 0 aromatic heterocycles. The van der Waals surface area contributed by atoms with Gasteiger partial charge < -0.3 is 0 Å². The van der Waals surface area contributed by atoms with Crippen molar-refractivity contribution in [1.29, 1.82) is 0 Å². The molecule has 0 heterocycles. The first-order chi connectivity index (χ1) is 9.78. The average molecular weight is 274 g/mol. The van der Waals surface area contributed by atoms with Gasteiger partial charge in [0.05, 0.1) is 0 Å². The second-order valence-electron chi connectivity index (χ2n) is 7.46. The van der Waals surface area contributed by atoms with Crippen LogP contribution < -0.4 is 0 Å². The predicted molar refractivity (Wildman–Crippen MR) is 88.5 cm³/mol. The van der Waals surface area contributed by atoms with Crippen molar-refractivity contribution in [3.05, 3.63) is 0 Å². The first-order valence-corrected chi connectivity index (χ1v) is 9.29. The second-order valence-corrected chi connectivity index (χ2v) is 7.46. The predicted octanol–water partition coefficient (Wildman–Crippen LogP) is 6.20. The summed E-state index contributed by atoms with van der Waals surface area (Å²) in [5, 5.41) is 0. The summed E-state index contributed by atoms with van der Waals surface area (Å²) in [4.78, 5) is 0. The maximum absolute atomic E-state index is 3.64. The van der Waals surface area contributed by atoms with Gasteiger partial charge in [0.15, 0.2) is 0 Å². The maximum Gasteiger partial charge on any atom is 0.0203 e. The van der Waals surface area contributed by atoms with Gasteiger partial charge >= 0.3 is 0 Å². The van der Waals surface area contributed by atoms with Crippen LogP contribution in [0.5, 0.6) is 0 Å². The minimum absolute atomic E-state index is 0.730. The molecule has 2 aliphatic carbocycles. The van der Waals surface area contributed by atoms with Gasteiger partial charge in [0.2, 0.25) is 0 Å². The van der Waals surface area contributed by atoms with Gasteiger partial charge in [0, 0.05) is 11.8 Å². The monoisotopic (exact) mass is 274 g/mol. The topological polar surface area (TPSA) is 0 Å². The molecule has 0 radical (unpaired) electrons. The SMILES string of the molecule is CCCCCC1CCC(C#CC2CCC(C)CC2)CC1. The van der Waals surface area contributed by atoms with Crippen LogP contribution in [0, 0.1) is 35.5 Å². The maximum atomic E-state index is 3.64. The molecule has 0 unspecified atom stereocenters. The van der Waals surface area contributed by atoms with Crippen LogP contribution >= 0.6 is 0 Å². The van der Waals surface area contributed by atoms with Crippen molar-refractivity contribution in [1.82, 2.24) is 0 Å². The van der Waals surface area contributed by atoms with Gasteiger partial charge in [-0.2, -0.15) is 0 Å². The number of unbranched alkanes of at least 4 members (excludes halogenated alkanes) is 2. The first-order valence-electron chi connectivity index (χ1n) is 9.29. The van der Waals surface area contributed by atoms with E-state index in [4.69, 9.17) is 0 Å². The normalized spacial score (nSPS) is 34.3. The summed E-state index contributed by atoms with van der Waals surface area (Å²) in [5.74, 6) is 10.7. The molecule has 2 fully saturated rings. The molecule has 0 heteroatoms. The summed E-state index contributed by atoms with van der Waals surface area (Å²) in [5.41, 5.74) is 0. The summed E-state index contributed by atoms with van der Waals surface area (Å²) < 4.78 is 0. The summed E-state index contributed by atoms with van der Waals surface area (Å²) in [6, 6.07) is 0. The Labute approximate surface area is 127 Å². The number of hydrogen-bond donors (Lipinski definition) is 0. The highest BCUT2D eigenvalue weighted by Crippen LogP contribution is 2.32. The van der Waals surface area contributed by atoms with Crippen molar-refractivity contribution >= 4 is 0 Å². The zero-order valence-electron chi connectivity index (χ0n) is 13.8. The van der Waals surface area contributed by atoms with Gasteiger partial charge in [-0.05, 0) is 63.2 Å². The summed E-state index contributed by atoms with van der Waals surface area (Å²) in [6.45, 7) is 4.70. The minimum Gasteiger partial charge on any atom is -0.0996 e. The lowest BCUT2D eigenvalue weighted by atomic mass is 9.79. The van der Waals surface area contributed by atoms with Gasteiger partial charge in [0.25, 0.3) is 0 Å². The molecule has 0 aromatic rings. The van der Waals surface area contributed by atoms with Crippen LogP contribution in [0.1, 0.15) is 90.9 Å². The third-order valence-electron chi connectivity index (χ3n) is 5.57. The molecule has 0 saturated heterocycles. The molecule has 2 rings (SSSR count). The van der Waals surface area contributed by atoms with Crippen LogP contribution in [0.3, 0.4) is 0 Å². The third kappa shape index (κ3) is 5.51. The zero-order chi connectivity index (χ0) is 14.2. The van der Waals surface area contributed by atoms with E-state index >= 15 is 0 Å². The second kappa shape index (κ2) is 8.76. The molecule has 0 bridgehead atoms. The highest BCUT2D eigenvalue weighted by Gasteiger charge is 2.20. The minimum atomic E-state index is 0.730. The van der Waals surface area contributed by atoms with Crippen molar-refractivity contribution in [2.45, 2.75) is 90.9 Å². The quantitative estimate of drug-likeness (QED) is 0.423. The Morgan fingerprint density at radius 1 is 0.750 bits per heavy atom. The van der Waals surface area contributed by atoms with Crippen molar-refractivity contribution < 1.29 is 0 Å². The number of rotatable bonds is 4. The zero-order valence-corrected chi connectivity index (χ0v) is 13.8. The van der Waals surface area contributed by atoms with Crippen molar-refractivity contribution in [2.24, 2.45) is 23.7 Å². The fourth-order valence-electron chi connectivity index (χ4n) is 3.92.